The van der Waals surface area contributed by atoms with E-state index in [9.17, 15) is 23.6 Å². The molecule has 11 rings (SSSR count). The lowest BCUT2D eigenvalue weighted by Crippen LogP contribution is -2.59. The molecular formula is C47H48F3N11O5. The first-order valence-corrected chi connectivity index (χ1v) is 22.6. The van der Waals surface area contributed by atoms with Gasteiger partial charge in [0.05, 0.1) is 42.5 Å². The molecule has 6 aliphatic rings. The van der Waals surface area contributed by atoms with Crippen LogP contribution in [0.4, 0.5) is 40.8 Å². The number of benzene rings is 2. The molecule has 2 atom stereocenters. The monoisotopic (exact) mass is 903 g/mol. The molecule has 3 N–H and O–H groups in total. The Morgan fingerprint density at radius 3 is 2.45 bits per heavy atom. The normalized spacial score (nSPS) is 22.0. The summed E-state index contributed by atoms with van der Waals surface area (Å²) >= 11 is 0. The number of hydrogen-bond donors (Lipinski definition) is 3. The van der Waals surface area contributed by atoms with E-state index in [1.807, 2.05) is 36.4 Å². The van der Waals surface area contributed by atoms with E-state index in [-0.39, 0.29) is 56.4 Å². The number of amides is 5. The first kappa shape index (κ1) is 41.9. The highest BCUT2D eigenvalue weighted by molar-refractivity contribution is 6.07. The molecule has 2 aromatic carbocycles. The van der Waals surface area contributed by atoms with Gasteiger partial charge in [-0.3, -0.25) is 34.5 Å². The minimum atomic E-state index is -2.98. The Bertz CT molecular complexity index is 2810. The quantitative estimate of drug-likeness (QED) is 0.171. The van der Waals surface area contributed by atoms with Crippen molar-refractivity contribution in [2.75, 3.05) is 68.0 Å². The van der Waals surface area contributed by atoms with E-state index >= 15 is 8.78 Å². The van der Waals surface area contributed by atoms with Crippen LogP contribution in [0.25, 0.3) is 16.9 Å². The van der Waals surface area contributed by atoms with E-state index in [1.165, 1.54) is 15.6 Å². The van der Waals surface area contributed by atoms with E-state index in [0.29, 0.717) is 86.1 Å². The Labute approximate surface area is 377 Å². The molecule has 1 aliphatic carbocycles. The first-order valence-electron chi connectivity index (χ1n) is 22.6. The summed E-state index contributed by atoms with van der Waals surface area (Å²) in [6, 6.07) is 14.1. The molecule has 1 saturated carbocycles. The van der Waals surface area contributed by atoms with Gasteiger partial charge < -0.3 is 25.2 Å². The van der Waals surface area contributed by atoms with Gasteiger partial charge in [-0.2, -0.15) is 0 Å². The number of piperidine rings is 2. The standard InChI is InChI=1S/C47H48F3N11O5/c1-51-35-22-40(56-61-38(24-53-42(35)61)43(63)54-34-21-32(34)48)59-13-7-30-29(3-2-4-36(30)59)33-6-5-27(23-52-33)25-57-15-10-46(47(49,50)26-57)11-16-58(17-12-46)44(64)28-19-37(31-9-18-66-39(31)20-28)60-14-8-41(62)55-45(60)65/h2-6,19-20,22-24,32,34,51H,7-18,21,25-26H2,1H3,(H,54,63)(H,55,62,65)/t32-,34+/m0/s1. The number of imidazole rings is 1. The summed E-state index contributed by atoms with van der Waals surface area (Å²) in [5.41, 5.74) is 6.38. The maximum atomic E-state index is 16.3. The van der Waals surface area contributed by atoms with Gasteiger partial charge in [0.25, 0.3) is 17.7 Å². The van der Waals surface area contributed by atoms with Crippen LogP contribution >= 0.6 is 0 Å². The molecule has 0 radical (unpaired) electrons. The van der Waals surface area contributed by atoms with Crippen LogP contribution in [0.3, 0.4) is 0 Å². The van der Waals surface area contributed by atoms with E-state index in [0.717, 1.165) is 33.6 Å². The van der Waals surface area contributed by atoms with Crippen LogP contribution in [0.15, 0.2) is 60.9 Å². The van der Waals surface area contributed by atoms with Crippen LogP contribution in [-0.2, 0) is 24.2 Å². The van der Waals surface area contributed by atoms with Gasteiger partial charge in [0, 0.05) is 99.1 Å². The Balaban J connectivity index is 0.740. The van der Waals surface area contributed by atoms with Crippen molar-refractivity contribution in [2.45, 2.75) is 69.6 Å². The van der Waals surface area contributed by atoms with Gasteiger partial charge in [-0.05, 0) is 67.6 Å². The Morgan fingerprint density at radius 1 is 0.909 bits per heavy atom. The second kappa shape index (κ2) is 16.0. The number of aromatic nitrogens is 4. The van der Waals surface area contributed by atoms with Crippen molar-refractivity contribution in [3.05, 3.63) is 88.9 Å². The van der Waals surface area contributed by atoms with E-state index < -0.39 is 42.0 Å². The Kier molecular flexibility index (Phi) is 10.2. The highest BCUT2D eigenvalue weighted by Gasteiger charge is 2.57. The van der Waals surface area contributed by atoms with Gasteiger partial charge in [-0.25, -0.2) is 27.5 Å². The van der Waals surface area contributed by atoms with Crippen molar-refractivity contribution in [1.29, 1.82) is 0 Å². The highest BCUT2D eigenvalue weighted by atomic mass is 19.3. The topological polar surface area (TPSA) is 170 Å². The summed E-state index contributed by atoms with van der Waals surface area (Å²) in [6.45, 7) is 2.00. The lowest BCUT2D eigenvalue weighted by molar-refractivity contribution is -0.186. The largest absolute Gasteiger partial charge is 0.493 e. The number of hydrogen-bond acceptors (Lipinski definition) is 11. The van der Waals surface area contributed by atoms with Gasteiger partial charge in [-0.15, -0.1) is 5.10 Å². The summed E-state index contributed by atoms with van der Waals surface area (Å²) in [5.74, 6) is -2.94. The molecular weight excluding hydrogens is 856 g/mol. The maximum Gasteiger partial charge on any atom is 0.328 e. The fraction of sp³-hybridized carbons (Fsp3) is 0.426. The lowest BCUT2D eigenvalue weighted by atomic mass is 9.68. The number of fused-ring (bicyclic) bond motifs is 3. The molecule has 8 heterocycles. The summed E-state index contributed by atoms with van der Waals surface area (Å²) < 4.78 is 53.5. The van der Waals surface area contributed by atoms with Crippen molar-refractivity contribution in [1.82, 2.24) is 40.0 Å². The van der Waals surface area contributed by atoms with Crippen LogP contribution in [0.1, 0.15) is 69.6 Å². The number of imide groups is 1. The van der Waals surface area contributed by atoms with Crippen LogP contribution in [0, 0.1) is 5.41 Å². The second-order valence-electron chi connectivity index (χ2n) is 18.2. The summed E-state index contributed by atoms with van der Waals surface area (Å²) in [4.78, 5) is 67.7. The number of alkyl halides is 3. The number of urea groups is 1. The summed E-state index contributed by atoms with van der Waals surface area (Å²) in [6.07, 6.45) is 4.52. The van der Waals surface area contributed by atoms with E-state index in [2.05, 4.69) is 25.8 Å². The molecule has 0 bridgehead atoms. The highest BCUT2D eigenvalue weighted by Crippen LogP contribution is 2.51. The number of carbonyl (C=O) groups excluding carboxylic acids is 4. The Morgan fingerprint density at radius 2 is 1.71 bits per heavy atom. The van der Waals surface area contributed by atoms with Crippen molar-refractivity contribution in [3.63, 3.8) is 0 Å². The van der Waals surface area contributed by atoms with Crippen LogP contribution in [0.2, 0.25) is 0 Å². The molecule has 5 amide bonds. The number of nitrogens with one attached hydrogen (secondary N) is 3. The van der Waals surface area contributed by atoms with Crippen LogP contribution in [0.5, 0.6) is 5.75 Å². The zero-order valence-corrected chi connectivity index (χ0v) is 36.3. The van der Waals surface area contributed by atoms with Crippen molar-refractivity contribution < 1.29 is 37.1 Å². The smallest absolute Gasteiger partial charge is 0.328 e. The van der Waals surface area contributed by atoms with Crippen LogP contribution < -0.4 is 30.5 Å². The predicted molar refractivity (Wildman–Crippen MR) is 237 cm³/mol. The molecule has 3 saturated heterocycles. The van der Waals surface area contributed by atoms with Crippen molar-refractivity contribution in [2.24, 2.45) is 5.41 Å². The fourth-order valence-corrected chi connectivity index (χ4v) is 10.4. The number of ether oxygens (including phenoxy) is 1. The molecule has 3 aromatic heterocycles. The maximum absolute atomic E-state index is 16.3. The number of pyridine rings is 1. The minimum absolute atomic E-state index is 0.141. The number of halogens is 3. The molecule has 1 spiro atoms. The van der Waals surface area contributed by atoms with Crippen molar-refractivity contribution >= 4 is 52.3 Å². The first-order chi connectivity index (χ1) is 31.9. The molecule has 0 unspecified atom stereocenters. The van der Waals surface area contributed by atoms with Gasteiger partial charge in [0.2, 0.25) is 5.91 Å². The molecule has 5 aliphatic heterocycles. The second-order valence-corrected chi connectivity index (χ2v) is 18.2. The summed E-state index contributed by atoms with van der Waals surface area (Å²) in [5, 5.41) is 13.0. The number of rotatable bonds is 9. The molecule has 4 fully saturated rings. The zero-order chi connectivity index (χ0) is 45.5. The Hall–Kier alpha value is -6.76. The molecule has 5 aromatic rings. The van der Waals surface area contributed by atoms with Crippen molar-refractivity contribution in [3.8, 4) is 17.0 Å². The number of likely N-dealkylation sites (tertiary alicyclic amines) is 2. The number of carbonyl (C=O) groups is 4. The third kappa shape index (κ3) is 7.23. The van der Waals surface area contributed by atoms with Gasteiger partial charge in [0.1, 0.15) is 11.9 Å². The minimum Gasteiger partial charge on any atom is -0.493 e. The van der Waals surface area contributed by atoms with Crippen LogP contribution in [-0.4, -0.2) is 124 Å². The van der Waals surface area contributed by atoms with E-state index in [1.54, 1.807) is 35.2 Å². The van der Waals surface area contributed by atoms with Gasteiger partial charge in [-0.1, -0.05) is 18.2 Å². The molecule has 16 nitrogen and oxygen atoms in total. The lowest BCUT2D eigenvalue weighted by Gasteiger charge is -2.51. The third-order valence-corrected chi connectivity index (χ3v) is 14.3. The molecule has 19 heteroatoms. The van der Waals surface area contributed by atoms with Gasteiger partial charge >= 0.3 is 6.03 Å². The zero-order valence-electron chi connectivity index (χ0n) is 36.3. The molecule has 66 heavy (non-hydrogen) atoms. The SMILES string of the molecule is CNc1cc(N2CCc3c(-c4ccc(CN5CCC6(CCN(C(=O)c7cc8c(c(N9CCC(=O)NC9=O)c7)CCO8)CC6)C(F)(F)C5)cn4)cccc32)nn2c(C(=O)N[C@@H]3C[C@@H]3F)cnc12. The average molecular weight is 904 g/mol. The fourth-order valence-electron chi connectivity index (χ4n) is 10.4. The number of anilines is 4. The third-order valence-electron chi connectivity index (χ3n) is 14.3. The average Bonchev–Trinajstić information content (AvgIpc) is 3.72. The van der Waals surface area contributed by atoms with Gasteiger partial charge in [0.15, 0.2) is 17.2 Å². The van der Waals surface area contributed by atoms with E-state index in [4.69, 9.17) is 14.8 Å². The summed E-state index contributed by atoms with van der Waals surface area (Å²) in [7, 11) is 1.77. The predicted octanol–water partition coefficient (Wildman–Crippen LogP) is 5.51. The number of nitrogens with zero attached hydrogens (tertiary/aromatic N) is 8. The molecule has 342 valence electrons.